The first-order valence-corrected chi connectivity index (χ1v) is 11.7. The first-order chi connectivity index (χ1) is 12.9. The molecule has 1 heterocycles. The van der Waals surface area contributed by atoms with Gasteiger partial charge in [-0.1, -0.05) is 53.2 Å². The maximum Gasteiger partial charge on any atom is 0.240 e. The van der Waals surface area contributed by atoms with Crippen LogP contribution in [0.25, 0.3) is 10.9 Å². The van der Waals surface area contributed by atoms with Crippen LogP contribution in [0.4, 0.5) is 0 Å². The summed E-state index contributed by atoms with van der Waals surface area (Å²) in [5, 5.41) is 2.09. The Hall–Kier alpha value is -1.63. The fraction of sp³-hybridized carbons (Fsp3) is 0.333. The van der Waals surface area contributed by atoms with E-state index in [9.17, 15) is 8.42 Å². The minimum absolute atomic E-state index is 0.312. The van der Waals surface area contributed by atoms with Crippen LogP contribution in [-0.4, -0.2) is 25.3 Å². The molecule has 0 amide bonds. The second-order valence-corrected chi connectivity index (χ2v) is 9.47. The Morgan fingerprint density at radius 1 is 1.15 bits per heavy atom. The summed E-state index contributed by atoms with van der Waals surface area (Å²) in [6.45, 7) is 4.57. The smallest absolute Gasteiger partial charge is 0.240 e. The lowest BCUT2D eigenvalue weighted by atomic mass is 9.99. The number of alkyl halides is 1. The van der Waals surface area contributed by atoms with E-state index in [1.807, 2.05) is 24.4 Å². The molecule has 0 saturated carbocycles. The van der Waals surface area contributed by atoms with Crippen molar-refractivity contribution in [2.45, 2.75) is 37.5 Å². The van der Waals surface area contributed by atoms with E-state index in [0.29, 0.717) is 23.8 Å². The van der Waals surface area contributed by atoms with Gasteiger partial charge in [0, 0.05) is 29.0 Å². The number of nitrogens with one attached hydrogen (secondary N) is 2. The highest BCUT2D eigenvalue weighted by molar-refractivity contribution is 9.09. The molecule has 0 aliphatic carbocycles. The van der Waals surface area contributed by atoms with Crippen LogP contribution in [0.5, 0.6) is 0 Å². The number of hydrogen-bond acceptors (Lipinski definition) is 2. The number of fused-ring (bicyclic) bond motifs is 1. The highest BCUT2D eigenvalue weighted by Crippen LogP contribution is 2.23. The van der Waals surface area contributed by atoms with Crippen molar-refractivity contribution in [2.75, 3.05) is 11.9 Å². The van der Waals surface area contributed by atoms with Gasteiger partial charge in [-0.2, -0.15) is 0 Å². The third-order valence-electron chi connectivity index (χ3n) is 5.00. The number of H-pyrrole nitrogens is 1. The van der Waals surface area contributed by atoms with Gasteiger partial charge in [0.15, 0.2) is 0 Å². The Morgan fingerprint density at radius 3 is 2.59 bits per heavy atom. The number of aryl methyl sites for hydroxylation is 1. The number of rotatable bonds is 8. The molecule has 0 fully saturated rings. The summed E-state index contributed by atoms with van der Waals surface area (Å²) in [7, 11) is -3.50. The van der Waals surface area contributed by atoms with E-state index < -0.39 is 10.0 Å². The molecule has 0 unspecified atom stereocenters. The fourth-order valence-corrected chi connectivity index (χ4v) is 5.00. The number of halogens is 1. The van der Waals surface area contributed by atoms with E-state index in [-0.39, 0.29) is 0 Å². The topological polar surface area (TPSA) is 62.0 Å². The maximum absolute atomic E-state index is 12.6. The van der Waals surface area contributed by atoms with Gasteiger partial charge >= 0.3 is 0 Å². The van der Waals surface area contributed by atoms with Crippen molar-refractivity contribution in [3.05, 3.63) is 65.4 Å². The van der Waals surface area contributed by atoms with Crippen molar-refractivity contribution >= 4 is 36.9 Å². The monoisotopic (exact) mass is 448 g/mol. The van der Waals surface area contributed by atoms with Crippen LogP contribution in [0.3, 0.4) is 0 Å². The zero-order chi connectivity index (χ0) is 19.4. The predicted octanol–water partition coefficient (Wildman–Crippen LogP) is 4.89. The second-order valence-electron chi connectivity index (χ2n) is 6.91. The molecule has 0 radical (unpaired) electrons. The normalized spacial score (nSPS) is 13.1. The molecule has 0 bridgehead atoms. The molecular weight excluding hydrogens is 424 g/mol. The van der Waals surface area contributed by atoms with E-state index in [2.05, 4.69) is 51.6 Å². The largest absolute Gasteiger partial charge is 0.361 e. The molecule has 2 N–H and O–H groups in total. The Bertz CT molecular complexity index is 1010. The molecule has 6 heteroatoms. The lowest BCUT2D eigenvalue weighted by Gasteiger charge is -2.11. The molecule has 2 aromatic carbocycles. The van der Waals surface area contributed by atoms with Crippen LogP contribution >= 0.6 is 15.9 Å². The molecule has 144 valence electrons. The number of aromatic amines is 1. The summed E-state index contributed by atoms with van der Waals surface area (Å²) in [6.07, 6.45) is 3.63. The quantitative estimate of drug-likeness (QED) is 0.482. The van der Waals surface area contributed by atoms with Gasteiger partial charge in [-0.25, -0.2) is 13.1 Å². The van der Waals surface area contributed by atoms with Crippen molar-refractivity contribution in [3.8, 4) is 0 Å². The van der Waals surface area contributed by atoms with Gasteiger partial charge in [0.2, 0.25) is 10.0 Å². The van der Waals surface area contributed by atoms with Gasteiger partial charge in [0.25, 0.3) is 0 Å². The third-order valence-corrected chi connectivity index (χ3v) is 6.93. The SMILES string of the molecule is Cc1cccc2c(CCNS(=O)(=O)c3ccc([C@@H](C)CCBr)cc3)c[nH]c12. The number of aromatic nitrogens is 1. The van der Waals surface area contributed by atoms with Crippen molar-refractivity contribution < 1.29 is 8.42 Å². The minimum Gasteiger partial charge on any atom is -0.361 e. The Kier molecular flexibility index (Phi) is 6.40. The molecular formula is C21H25BrN2O2S. The van der Waals surface area contributed by atoms with Crippen LogP contribution in [0.15, 0.2) is 53.6 Å². The van der Waals surface area contributed by atoms with Crippen molar-refractivity contribution in [2.24, 2.45) is 0 Å². The summed E-state index contributed by atoms with van der Waals surface area (Å²) >= 11 is 3.45. The molecule has 0 aliphatic heterocycles. The summed E-state index contributed by atoms with van der Waals surface area (Å²) in [5.41, 5.74) is 4.58. The maximum atomic E-state index is 12.6. The third kappa shape index (κ3) is 4.62. The summed E-state index contributed by atoms with van der Waals surface area (Å²) in [5.74, 6) is 0.402. The van der Waals surface area contributed by atoms with Crippen LogP contribution in [0, 0.1) is 6.92 Å². The number of sulfonamides is 1. The molecule has 0 aliphatic rings. The number of hydrogen-bond donors (Lipinski definition) is 2. The number of benzene rings is 2. The average Bonchev–Trinajstić information content (AvgIpc) is 3.06. The van der Waals surface area contributed by atoms with Crippen LogP contribution in [0.2, 0.25) is 0 Å². The first-order valence-electron chi connectivity index (χ1n) is 9.13. The van der Waals surface area contributed by atoms with E-state index in [4.69, 9.17) is 0 Å². The zero-order valence-electron chi connectivity index (χ0n) is 15.6. The Labute approximate surface area is 169 Å². The van der Waals surface area contributed by atoms with Crippen molar-refractivity contribution in [1.82, 2.24) is 9.71 Å². The Balaban J connectivity index is 1.65. The van der Waals surface area contributed by atoms with Gasteiger partial charge in [0.05, 0.1) is 4.90 Å². The van der Waals surface area contributed by atoms with Gasteiger partial charge in [-0.3, -0.25) is 0 Å². The van der Waals surface area contributed by atoms with Crippen LogP contribution in [0.1, 0.15) is 36.0 Å². The molecule has 3 rings (SSSR count). The summed E-state index contributed by atoms with van der Waals surface area (Å²) in [6, 6.07) is 13.4. The van der Waals surface area contributed by atoms with Gasteiger partial charge in [-0.15, -0.1) is 0 Å². The summed E-state index contributed by atoms with van der Waals surface area (Å²) in [4.78, 5) is 3.59. The second kappa shape index (κ2) is 8.59. The number of para-hydroxylation sites is 1. The molecule has 1 atom stereocenters. The van der Waals surface area contributed by atoms with E-state index in [0.717, 1.165) is 33.8 Å². The highest BCUT2D eigenvalue weighted by Gasteiger charge is 2.15. The first kappa shape index (κ1) is 20.1. The van der Waals surface area contributed by atoms with E-state index >= 15 is 0 Å². The van der Waals surface area contributed by atoms with Crippen LogP contribution < -0.4 is 4.72 Å². The molecule has 0 spiro atoms. The van der Waals surface area contributed by atoms with E-state index in [1.54, 1.807) is 12.1 Å². The minimum atomic E-state index is -3.50. The van der Waals surface area contributed by atoms with Crippen LogP contribution in [-0.2, 0) is 16.4 Å². The van der Waals surface area contributed by atoms with Gasteiger partial charge in [0.1, 0.15) is 0 Å². The van der Waals surface area contributed by atoms with Gasteiger partial charge in [-0.05, 0) is 54.5 Å². The fourth-order valence-electron chi connectivity index (χ4n) is 3.28. The zero-order valence-corrected chi connectivity index (χ0v) is 18.0. The lowest BCUT2D eigenvalue weighted by molar-refractivity contribution is 0.581. The molecule has 1 aromatic heterocycles. The predicted molar refractivity (Wildman–Crippen MR) is 115 cm³/mol. The van der Waals surface area contributed by atoms with E-state index in [1.165, 1.54) is 5.56 Å². The van der Waals surface area contributed by atoms with Crippen molar-refractivity contribution in [3.63, 3.8) is 0 Å². The molecule has 3 aromatic rings. The van der Waals surface area contributed by atoms with Gasteiger partial charge < -0.3 is 4.98 Å². The molecule has 27 heavy (non-hydrogen) atoms. The summed E-state index contributed by atoms with van der Waals surface area (Å²) < 4.78 is 27.8. The molecule has 0 saturated heterocycles. The highest BCUT2D eigenvalue weighted by atomic mass is 79.9. The Morgan fingerprint density at radius 2 is 1.89 bits per heavy atom. The van der Waals surface area contributed by atoms with Crippen molar-refractivity contribution in [1.29, 1.82) is 0 Å². The average molecular weight is 449 g/mol. The molecule has 4 nitrogen and oxygen atoms in total. The lowest BCUT2D eigenvalue weighted by Crippen LogP contribution is -2.26. The standard InChI is InChI=1S/C21H25BrN2O2S/c1-15(10-12-22)17-6-8-19(9-7-17)27(25,26)24-13-11-18-14-23-21-16(2)4-3-5-20(18)21/h3-9,14-15,23-24H,10-13H2,1-2H3/t15-/m0/s1.